The number of carboxylic acids is 1. The maximum absolute atomic E-state index is 11.0. The third-order valence-electron chi connectivity index (χ3n) is 3.47. The number of rotatable bonds is 4. The topological polar surface area (TPSA) is 52.9 Å². The molecule has 0 aromatic heterocycles. The second-order valence-electron chi connectivity index (χ2n) is 5.08. The second-order valence-corrected chi connectivity index (χ2v) is 5.08. The minimum absolute atomic E-state index is 0.0533. The molecule has 0 atom stereocenters. The van der Waals surface area contributed by atoms with Crippen LogP contribution in [0.25, 0.3) is 0 Å². The summed E-state index contributed by atoms with van der Waals surface area (Å²) >= 11 is 0. The normalized spacial score (nSPS) is 13.5. The largest absolute Gasteiger partial charge is 0.481 e. The Kier molecular flexibility index (Phi) is 3.69. The lowest BCUT2D eigenvalue weighted by molar-refractivity contribution is -0.135. The van der Waals surface area contributed by atoms with Crippen molar-refractivity contribution in [1.82, 2.24) is 5.01 Å². The van der Waals surface area contributed by atoms with Crippen molar-refractivity contribution in [2.75, 3.05) is 0 Å². The van der Waals surface area contributed by atoms with Gasteiger partial charge in [0.15, 0.2) is 0 Å². The van der Waals surface area contributed by atoms with Gasteiger partial charge in [0.1, 0.15) is 0 Å². The van der Waals surface area contributed by atoms with Gasteiger partial charge in [-0.3, -0.25) is 9.80 Å². The number of hydrogen-bond donors (Lipinski definition) is 1. The highest BCUT2D eigenvalue weighted by atomic mass is 16.4. The summed E-state index contributed by atoms with van der Waals surface area (Å²) in [4.78, 5) is 11.0. The van der Waals surface area contributed by atoms with Crippen LogP contribution in [0.4, 0.5) is 0 Å². The van der Waals surface area contributed by atoms with Crippen molar-refractivity contribution < 1.29 is 9.90 Å². The molecule has 3 rings (SSSR count). The van der Waals surface area contributed by atoms with Crippen molar-refractivity contribution in [2.24, 2.45) is 5.10 Å². The Morgan fingerprint density at radius 1 is 1.10 bits per heavy atom. The quantitative estimate of drug-likeness (QED) is 0.937. The van der Waals surface area contributed by atoms with Crippen molar-refractivity contribution in [3.63, 3.8) is 0 Å². The van der Waals surface area contributed by atoms with Crippen LogP contribution >= 0.6 is 0 Å². The number of carbonyl (C=O) groups is 1. The first-order valence-corrected chi connectivity index (χ1v) is 6.89. The van der Waals surface area contributed by atoms with Gasteiger partial charge < -0.3 is 5.11 Å². The van der Waals surface area contributed by atoms with Crippen LogP contribution in [0.5, 0.6) is 0 Å². The fourth-order valence-electron chi connectivity index (χ4n) is 2.56. The molecule has 0 saturated heterocycles. The van der Waals surface area contributed by atoms with Gasteiger partial charge in [0.25, 0.3) is 0 Å². The van der Waals surface area contributed by atoms with Crippen LogP contribution in [-0.2, 0) is 17.9 Å². The molecule has 106 valence electrons. The number of hydrazone groups is 1. The Hall–Kier alpha value is -2.62. The van der Waals surface area contributed by atoms with E-state index >= 15 is 0 Å². The van der Waals surface area contributed by atoms with Crippen LogP contribution in [-0.4, -0.2) is 21.8 Å². The SMILES string of the molecule is O=C(O)CC1=NN(Cc2ccccc2)Cc2ccccc21. The molecule has 0 saturated carbocycles. The zero-order valence-electron chi connectivity index (χ0n) is 11.6. The van der Waals surface area contributed by atoms with Crippen molar-refractivity contribution in [3.05, 3.63) is 71.3 Å². The summed E-state index contributed by atoms with van der Waals surface area (Å²) in [6, 6.07) is 17.9. The molecule has 0 amide bonds. The number of benzene rings is 2. The van der Waals surface area contributed by atoms with Gasteiger partial charge in [0.2, 0.25) is 0 Å². The first kappa shape index (κ1) is 13.4. The number of carboxylic acid groups (broad SMARTS) is 1. The lowest BCUT2D eigenvalue weighted by Crippen LogP contribution is -2.27. The molecular formula is C17H16N2O2. The molecule has 2 aromatic carbocycles. The Morgan fingerprint density at radius 2 is 1.81 bits per heavy atom. The molecule has 0 spiro atoms. The van der Waals surface area contributed by atoms with Gasteiger partial charge in [-0.2, -0.15) is 5.10 Å². The average Bonchev–Trinajstić information content (AvgIpc) is 2.48. The highest BCUT2D eigenvalue weighted by molar-refractivity contribution is 6.10. The predicted molar refractivity (Wildman–Crippen MR) is 80.9 cm³/mol. The predicted octanol–water partition coefficient (Wildman–Crippen LogP) is 2.88. The summed E-state index contributed by atoms with van der Waals surface area (Å²) in [7, 11) is 0. The van der Waals surface area contributed by atoms with E-state index in [1.54, 1.807) is 0 Å². The summed E-state index contributed by atoms with van der Waals surface area (Å²) in [5.74, 6) is -0.856. The Balaban J connectivity index is 1.89. The summed E-state index contributed by atoms with van der Waals surface area (Å²) < 4.78 is 0. The molecular weight excluding hydrogens is 264 g/mol. The lowest BCUT2D eigenvalue weighted by atomic mass is 9.99. The second kappa shape index (κ2) is 5.79. The molecule has 0 bridgehead atoms. The summed E-state index contributed by atoms with van der Waals surface area (Å²) in [6.07, 6.45) is -0.0533. The molecule has 0 radical (unpaired) electrons. The molecule has 21 heavy (non-hydrogen) atoms. The van der Waals surface area contributed by atoms with Crippen LogP contribution in [0, 0.1) is 0 Å². The van der Waals surface area contributed by atoms with Gasteiger partial charge in [0.05, 0.1) is 25.2 Å². The maximum atomic E-state index is 11.0. The van der Waals surface area contributed by atoms with Crippen LogP contribution in [0.1, 0.15) is 23.1 Å². The molecule has 2 aromatic rings. The van der Waals surface area contributed by atoms with E-state index in [0.717, 1.165) is 16.7 Å². The highest BCUT2D eigenvalue weighted by Gasteiger charge is 2.20. The molecule has 0 aliphatic carbocycles. The minimum Gasteiger partial charge on any atom is -0.481 e. The Labute approximate surface area is 123 Å². The zero-order chi connectivity index (χ0) is 14.7. The monoisotopic (exact) mass is 280 g/mol. The van der Waals surface area contributed by atoms with Crippen LogP contribution < -0.4 is 0 Å². The van der Waals surface area contributed by atoms with Gasteiger partial charge in [-0.15, -0.1) is 0 Å². The summed E-state index contributed by atoms with van der Waals surface area (Å²) in [6.45, 7) is 1.38. The molecule has 1 N–H and O–H groups in total. The Morgan fingerprint density at radius 3 is 2.57 bits per heavy atom. The highest BCUT2D eigenvalue weighted by Crippen LogP contribution is 2.22. The van der Waals surface area contributed by atoms with Gasteiger partial charge in [-0.1, -0.05) is 54.6 Å². The standard InChI is InChI=1S/C17H16N2O2/c20-17(21)10-16-15-9-5-4-8-14(15)12-19(18-16)11-13-6-2-1-3-7-13/h1-9H,10-12H2,(H,20,21). The molecule has 0 fully saturated rings. The van der Waals surface area contributed by atoms with E-state index in [9.17, 15) is 4.79 Å². The molecule has 1 aliphatic rings. The van der Waals surface area contributed by atoms with E-state index in [2.05, 4.69) is 5.10 Å². The lowest BCUT2D eigenvalue weighted by Gasteiger charge is -2.27. The van der Waals surface area contributed by atoms with Crippen LogP contribution in [0.15, 0.2) is 59.7 Å². The average molecular weight is 280 g/mol. The summed E-state index contributed by atoms with van der Waals surface area (Å²) in [5.41, 5.74) is 3.86. The van der Waals surface area contributed by atoms with Crippen molar-refractivity contribution in [3.8, 4) is 0 Å². The first-order chi connectivity index (χ1) is 10.2. The number of aliphatic carboxylic acids is 1. The number of nitrogens with zero attached hydrogens (tertiary/aromatic N) is 2. The van der Waals surface area contributed by atoms with Gasteiger partial charge in [0, 0.05) is 5.56 Å². The molecule has 1 aliphatic heterocycles. The summed E-state index contributed by atoms with van der Waals surface area (Å²) in [5, 5.41) is 15.5. The van der Waals surface area contributed by atoms with E-state index in [0.29, 0.717) is 18.8 Å². The smallest absolute Gasteiger partial charge is 0.309 e. The third-order valence-corrected chi connectivity index (χ3v) is 3.47. The fraction of sp³-hybridized carbons (Fsp3) is 0.176. The molecule has 1 heterocycles. The van der Waals surface area contributed by atoms with E-state index in [1.807, 2.05) is 59.6 Å². The number of hydrogen-bond acceptors (Lipinski definition) is 3. The number of fused-ring (bicyclic) bond motifs is 1. The molecule has 0 unspecified atom stereocenters. The molecule has 4 nitrogen and oxygen atoms in total. The van der Waals surface area contributed by atoms with Crippen molar-refractivity contribution in [1.29, 1.82) is 0 Å². The molecule has 4 heteroatoms. The van der Waals surface area contributed by atoms with Crippen LogP contribution in [0.3, 0.4) is 0 Å². The van der Waals surface area contributed by atoms with Gasteiger partial charge in [-0.05, 0) is 11.1 Å². The van der Waals surface area contributed by atoms with E-state index in [4.69, 9.17) is 5.11 Å². The minimum atomic E-state index is -0.856. The van der Waals surface area contributed by atoms with Gasteiger partial charge >= 0.3 is 5.97 Å². The van der Waals surface area contributed by atoms with E-state index < -0.39 is 5.97 Å². The fourth-order valence-corrected chi connectivity index (χ4v) is 2.56. The van der Waals surface area contributed by atoms with E-state index in [-0.39, 0.29) is 6.42 Å². The first-order valence-electron chi connectivity index (χ1n) is 6.89. The van der Waals surface area contributed by atoms with Gasteiger partial charge in [-0.25, -0.2) is 0 Å². The van der Waals surface area contributed by atoms with E-state index in [1.165, 1.54) is 0 Å². The van der Waals surface area contributed by atoms with Crippen LogP contribution in [0.2, 0.25) is 0 Å². The van der Waals surface area contributed by atoms with Crippen molar-refractivity contribution >= 4 is 11.7 Å². The Bertz CT molecular complexity index is 680. The maximum Gasteiger partial charge on any atom is 0.309 e. The zero-order valence-corrected chi connectivity index (χ0v) is 11.6. The third kappa shape index (κ3) is 3.11. The van der Waals surface area contributed by atoms with Crippen molar-refractivity contribution in [2.45, 2.75) is 19.5 Å².